The van der Waals surface area contributed by atoms with Crippen LogP contribution in [0.15, 0.2) is 5.16 Å². The Morgan fingerprint density at radius 2 is 2.00 bits per heavy atom. The van der Waals surface area contributed by atoms with Crippen LogP contribution in [-0.4, -0.2) is 34.6 Å². The van der Waals surface area contributed by atoms with Crippen molar-refractivity contribution in [1.82, 2.24) is 4.90 Å². The highest BCUT2D eigenvalue weighted by Crippen LogP contribution is 2.35. The molecule has 0 bridgehead atoms. The third kappa shape index (κ3) is 2.57. The Bertz CT molecular complexity index is 292. The molecular weight excluding hydrogens is 214 g/mol. The summed E-state index contributed by atoms with van der Waals surface area (Å²) < 4.78 is 0. The molecule has 2 fully saturated rings. The summed E-state index contributed by atoms with van der Waals surface area (Å²) in [4.78, 5) is 2.47. The fourth-order valence-electron chi connectivity index (χ4n) is 3.43. The van der Waals surface area contributed by atoms with E-state index in [1.54, 1.807) is 0 Å². The Morgan fingerprint density at radius 3 is 2.65 bits per heavy atom. The van der Waals surface area contributed by atoms with E-state index in [-0.39, 0.29) is 6.04 Å². The number of nitrogens with zero attached hydrogens (tertiary/aromatic N) is 2. The van der Waals surface area contributed by atoms with Crippen LogP contribution in [0.4, 0.5) is 0 Å². The van der Waals surface area contributed by atoms with Crippen molar-refractivity contribution < 1.29 is 5.21 Å². The van der Waals surface area contributed by atoms with Crippen LogP contribution < -0.4 is 5.73 Å². The van der Waals surface area contributed by atoms with Crippen LogP contribution >= 0.6 is 0 Å². The molecule has 1 saturated carbocycles. The zero-order chi connectivity index (χ0) is 12.4. The first-order valence-electron chi connectivity index (χ1n) is 6.86. The molecule has 2 aliphatic rings. The average molecular weight is 239 g/mol. The predicted molar refractivity (Wildman–Crippen MR) is 69.1 cm³/mol. The SMILES string of the molecule is CC1CCC(N2CCCC2C(N)=NO)CC1C. The zero-order valence-electron chi connectivity index (χ0n) is 11.0. The van der Waals surface area contributed by atoms with Crippen molar-refractivity contribution in [3.63, 3.8) is 0 Å². The van der Waals surface area contributed by atoms with Crippen LogP contribution in [0, 0.1) is 11.8 Å². The number of nitrogens with two attached hydrogens (primary N) is 1. The van der Waals surface area contributed by atoms with Gasteiger partial charge in [0.2, 0.25) is 0 Å². The number of oxime groups is 1. The van der Waals surface area contributed by atoms with Crippen LogP contribution in [0.5, 0.6) is 0 Å². The van der Waals surface area contributed by atoms with Crippen molar-refractivity contribution in [2.24, 2.45) is 22.7 Å². The van der Waals surface area contributed by atoms with Crippen molar-refractivity contribution in [2.75, 3.05) is 6.54 Å². The molecule has 98 valence electrons. The molecule has 4 nitrogen and oxygen atoms in total. The lowest BCUT2D eigenvalue weighted by Crippen LogP contribution is -2.48. The Balaban J connectivity index is 2.01. The largest absolute Gasteiger partial charge is 0.409 e. The minimum Gasteiger partial charge on any atom is -0.409 e. The normalized spacial score (nSPS) is 40.7. The smallest absolute Gasteiger partial charge is 0.156 e. The lowest BCUT2D eigenvalue weighted by molar-refractivity contribution is 0.116. The van der Waals surface area contributed by atoms with Gasteiger partial charge in [0.05, 0.1) is 6.04 Å². The molecule has 1 aliphatic carbocycles. The lowest BCUT2D eigenvalue weighted by atomic mass is 9.78. The van der Waals surface area contributed by atoms with Gasteiger partial charge in [0.15, 0.2) is 5.84 Å². The lowest BCUT2D eigenvalue weighted by Gasteiger charge is -2.39. The van der Waals surface area contributed by atoms with Gasteiger partial charge in [-0.05, 0) is 50.5 Å². The van der Waals surface area contributed by atoms with E-state index in [1.807, 2.05) is 0 Å². The highest BCUT2D eigenvalue weighted by molar-refractivity contribution is 5.85. The minimum absolute atomic E-state index is 0.172. The molecule has 1 heterocycles. The summed E-state index contributed by atoms with van der Waals surface area (Å²) in [5, 5.41) is 12.0. The molecule has 0 aromatic carbocycles. The first-order valence-corrected chi connectivity index (χ1v) is 6.86. The van der Waals surface area contributed by atoms with Gasteiger partial charge >= 0.3 is 0 Å². The molecule has 0 aromatic rings. The highest BCUT2D eigenvalue weighted by Gasteiger charge is 2.36. The molecule has 2 rings (SSSR count). The van der Waals surface area contributed by atoms with Gasteiger partial charge in [-0.2, -0.15) is 0 Å². The van der Waals surface area contributed by atoms with Gasteiger partial charge < -0.3 is 10.9 Å². The minimum atomic E-state index is 0.172. The monoisotopic (exact) mass is 239 g/mol. The summed E-state index contributed by atoms with van der Waals surface area (Å²) in [6.45, 7) is 5.81. The fraction of sp³-hybridized carbons (Fsp3) is 0.923. The van der Waals surface area contributed by atoms with Crippen molar-refractivity contribution >= 4 is 5.84 Å². The molecule has 17 heavy (non-hydrogen) atoms. The Hall–Kier alpha value is -0.770. The Morgan fingerprint density at radius 1 is 1.24 bits per heavy atom. The second-order valence-corrected chi connectivity index (χ2v) is 5.84. The second kappa shape index (κ2) is 5.25. The summed E-state index contributed by atoms with van der Waals surface area (Å²) >= 11 is 0. The molecule has 4 unspecified atom stereocenters. The second-order valence-electron chi connectivity index (χ2n) is 5.84. The van der Waals surface area contributed by atoms with E-state index in [2.05, 4.69) is 23.9 Å². The summed E-state index contributed by atoms with van der Waals surface area (Å²) in [5.74, 6) is 2.03. The number of amidine groups is 1. The van der Waals surface area contributed by atoms with Gasteiger partial charge in [-0.3, -0.25) is 4.90 Å². The molecule has 0 aromatic heterocycles. The van der Waals surface area contributed by atoms with Crippen molar-refractivity contribution in [3.05, 3.63) is 0 Å². The van der Waals surface area contributed by atoms with Gasteiger partial charge in [-0.15, -0.1) is 0 Å². The summed E-state index contributed by atoms with van der Waals surface area (Å²) in [6, 6.07) is 0.805. The molecule has 4 heteroatoms. The van der Waals surface area contributed by atoms with E-state index in [9.17, 15) is 0 Å². The van der Waals surface area contributed by atoms with Crippen LogP contribution in [0.2, 0.25) is 0 Å². The van der Waals surface area contributed by atoms with E-state index in [0.717, 1.165) is 24.8 Å². The number of likely N-dealkylation sites (tertiary alicyclic amines) is 1. The summed E-state index contributed by atoms with van der Waals surface area (Å²) in [5.41, 5.74) is 5.80. The van der Waals surface area contributed by atoms with Gasteiger partial charge in [0, 0.05) is 6.04 Å². The molecule has 0 spiro atoms. The maximum atomic E-state index is 8.84. The highest BCUT2D eigenvalue weighted by atomic mass is 16.4. The third-order valence-corrected chi connectivity index (χ3v) is 4.79. The number of rotatable bonds is 2. The Labute approximate surface area is 104 Å². The standard InChI is InChI=1S/C13H25N3O/c1-9-5-6-11(8-10(9)2)16-7-3-4-12(16)13(14)15-17/h9-12,17H,3-8H2,1-2H3,(H2,14,15). The number of hydrogen-bond donors (Lipinski definition) is 2. The van der Waals surface area contributed by atoms with E-state index in [0.29, 0.717) is 11.9 Å². The molecule has 0 radical (unpaired) electrons. The van der Waals surface area contributed by atoms with E-state index in [4.69, 9.17) is 10.9 Å². The quantitative estimate of drug-likeness (QED) is 0.335. The maximum absolute atomic E-state index is 8.84. The van der Waals surface area contributed by atoms with Gasteiger partial charge in [0.25, 0.3) is 0 Å². The van der Waals surface area contributed by atoms with Crippen molar-refractivity contribution in [3.8, 4) is 0 Å². The summed E-state index contributed by atoms with van der Waals surface area (Å²) in [6.07, 6.45) is 6.04. The van der Waals surface area contributed by atoms with Crippen LogP contribution in [-0.2, 0) is 0 Å². The topological polar surface area (TPSA) is 61.8 Å². The molecule has 3 N–H and O–H groups in total. The van der Waals surface area contributed by atoms with Crippen LogP contribution in [0.25, 0.3) is 0 Å². The van der Waals surface area contributed by atoms with E-state index < -0.39 is 0 Å². The van der Waals surface area contributed by atoms with E-state index in [1.165, 1.54) is 25.7 Å². The molecule has 4 atom stereocenters. The maximum Gasteiger partial charge on any atom is 0.156 e. The fourth-order valence-corrected chi connectivity index (χ4v) is 3.43. The molecular formula is C13H25N3O. The van der Waals surface area contributed by atoms with Gasteiger partial charge in [-0.25, -0.2) is 0 Å². The van der Waals surface area contributed by atoms with E-state index >= 15 is 0 Å². The summed E-state index contributed by atoms with van der Waals surface area (Å²) in [7, 11) is 0. The first-order chi connectivity index (χ1) is 8.13. The average Bonchev–Trinajstić information content (AvgIpc) is 2.80. The third-order valence-electron chi connectivity index (χ3n) is 4.79. The Kier molecular flexibility index (Phi) is 3.92. The van der Waals surface area contributed by atoms with Gasteiger partial charge in [0.1, 0.15) is 0 Å². The first kappa shape index (κ1) is 12.7. The predicted octanol–water partition coefficient (Wildman–Crippen LogP) is 2.02. The number of hydrogen-bond acceptors (Lipinski definition) is 3. The molecule has 0 amide bonds. The van der Waals surface area contributed by atoms with Gasteiger partial charge in [-0.1, -0.05) is 19.0 Å². The van der Waals surface area contributed by atoms with Crippen LogP contribution in [0.1, 0.15) is 46.0 Å². The van der Waals surface area contributed by atoms with Crippen molar-refractivity contribution in [1.29, 1.82) is 0 Å². The van der Waals surface area contributed by atoms with Crippen molar-refractivity contribution in [2.45, 2.75) is 58.0 Å². The molecule has 1 saturated heterocycles. The molecule has 1 aliphatic heterocycles. The zero-order valence-corrected chi connectivity index (χ0v) is 11.0. The van der Waals surface area contributed by atoms with Crippen LogP contribution in [0.3, 0.4) is 0 Å².